The van der Waals surface area contributed by atoms with Crippen LogP contribution < -0.4 is 10.1 Å². The van der Waals surface area contributed by atoms with Gasteiger partial charge >= 0.3 is 0 Å². The van der Waals surface area contributed by atoms with Crippen LogP contribution >= 0.6 is 11.8 Å². The Morgan fingerprint density at radius 2 is 1.93 bits per heavy atom. The Morgan fingerprint density at radius 1 is 1.17 bits per heavy atom. The number of carbonyl (C=O) groups excluding carboxylic acids is 1. The van der Waals surface area contributed by atoms with E-state index in [1.807, 2.05) is 13.8 Å². The van der Waals surface area contributed by atoms with E-state index in [9.17, 15) is 13.2 Å². The molecule has 1 aliphatic heterocycles. The van der Waals surface area contributed by atoms with E-state index in [0.717, 1.165) is 30.0 Å². The Bertz CT molecular complexity index is 989. The van der Waals surface area contributed by atoms with E-state index in [-0.39, 0.29) is 10.8 Å². The summed E-state index contributed by atoms with van der Waals surface area (Å²) in [6.45, 7) is 5.17. The molecule has 0 aliphatic carbocycles. The summed E-state index contributed by atoms with van der Waals surface area (Å²) in [6.07, 6.45) is 4.32. The molecule has 1 N–H and O–H groups in total. The number of pyridine rings is 1. The molecule has 7 nitrogen and oxygen atoms in total. The Morgan fingerprint density at radius 3 is 2.63 bits per heavy atom. The molecule has 0 saturated carbocycles. The zero-order chi connectivity index (χ0) is 21.6. The van der Waals surface area contributed by atoms with Gasteiger partial charge in [0.05, 0.1) is 11.6 Å². The molecule has 1 saturated heterocycles. The predicted molar refractivity (Wildman–Crippen MR) is 119 cm³/mol. The van der Waals surface area contributed by atoms with Gasteiger partial charge in [-0.1, -0.05) is 13.3 Å². The quantitative estimate of drug-likeness (QED) is 0.613. The molecule has 162 valence electrons. The summed E-state index contributed by atoms with van der Waals surface area (Å²) in [5.41, 5.74) is 0.871. The van der Waals surface area contributed by atoms with E-state index in [1.54, 1.807) is 42.2 Å². The third-order valence-corrected chi connectivity index (χ3v) is 7.45. The van der Waals surface area contributed by atoms with Crippen LogP contribution in [0, 0.1) is 0 Å². The van der Waals surface area contributed by atoms with Crippen molar-refractivity contribution < 1.29 is 17.9 Å². The summed E-state index contributed by atoms with van der Waals surface area (Å²) < 4.78 is 33.5. The molecule has 2 heterocycles. The zero-order valence-electron chi connectivity index (χ0n) is 17.3. The molecule has 1 aliphatic rings. The van der Waals surface area contributed by atoms with Crippen LogP contribution in [0.15, 0.2) is 46.5 Å². The number of hydrogen-bond acceptors (Lipinski definition) is 6. The fourth-order valence-corrected chi connectivity index (χ4v) is 5.60. The number of thioether (sulfide) groups is 1. The molecule has 3 rings (SSSR count). The predicted octanol–water partition coefficient (Wildman–Crippen LogP) is 4.02. The number of sulfonamides is 1. The van der Waals surface area contributed by atoms with Crippen molar-refractivity contribution in [2.45, 2.75) is 43.0 Å². The SMILES string of the molecule is CCOc1ccc(NC(=O)c2ccnc(SCC)c2)cc1S(=O)(=O)N1CCCCC1. The third kappa shape index (κ3) is 5.33. The number of anilines is 1. The van der Waals surface area contributed by atoms with E-state index in [1.165, 1.54) is 10.4 Å². The normalized spacial score (nSPS) is 15.0. The van der Waals surface area contributed by atoms with Crippen LogP contribution in [-0.4, -0.2) is 49.1 Å². The first-order valence-corrected chi connectivity index (χ1v) is 12.6. The fraction of sp³-hybridized carbons (Fsp3) is 0.429. The summed E-state index contributed by atoms with van der Waals surface area (Å²) in [6, 6.07) is 8.09. The van der Waals surface area contributed by atoms with Gasteiger partial charge in [0, 0.05) is 30.5 Å². The standard InChI is InChI=1S/C21H27N3O4S2/c1-3-28-18-9-8-17(15-19(18)30(26,27)24-12-6-5-7-13-24)23-21(25)16-10-11-22-20(14-16)29-4-2/h8-11,14-15H,3-7,12-13H2,1-2H3,(H,23,25). The summed E-state index contributed by atoms with van der Waals surface area (Å²) in [7, 11) is -3.71. The second kappa shape index (κ2) is 10.3. The maximum Gasteiger partial charge on any atom is 0.255 e. The number of rotatable bonds is 8. The lowest BCUT2D eigenvalue weighted by Crippen LogP contribution is -2.35. The molecule has 1 amide bonds. The van der Waals surface area contributed by atoms with Crippen molar-refractivity contribution in [2.75, 3.05) is 30.8 Å². The first-order valence-electron chi connectivity index (χ1n) is 10.1. The van der Waals surface area contributed by atoms with Gasteiger partial charge in [-0.2, -0.15) is 4.31 Å². The average Bonchev–Trinajstić information content (AvgIpc) is 2.76. The molecule has 1 aromatic carbocycles. The molecule has 0 atom stereocenters. The number of carbonyl (C=O) groups is 1. The average molecular weight is 450 g/mol. The van der Waals surface area contributed by atoms with Gasteiger partial charge in [-0.3, -0.25) is 4.79 Å². The monoisotopic (exact) mass is 449 g/mol. The van der Waals surface area contributed by atoms with Crippen molar-refractivity contribution in [3.63, 3.8) is 0 Å². The summed E-state index contributed by atoms with van der Waals surface area (Å²) in [5.74, 6) is 0.835. The van der Waals surface area contributed by atoms with Crippen LogP contribution in [0.4, 0.5) is 5.69 Å². The molecule has 30 heavy (non-hydrogen) atoms. The van der Waals surface area contributed by atoms with Crippen molar-refractivity contribution in [1.29, 1.82) is 0 Å². The molecule has 1 aromatic heterocycles. The smallest absolute Gasteiger partial charge is 0.255 e. The Balaban J connectivity index is 1.88. The highest BCUT2D eigenvalue weighted by Crippen LogP contribution is 2.31. The van der Waals surface area contributed by atoms with Crippen molar-refractivity contribution in [3.8, 4) is 5.75 Å². The Hall–Kier alpha value is -2.10. The third-order valence-electron chi connectivity index (χ3n) is 4.72. The van der Waals surface area contributed by atoms with Crippen LogP contribution in [-0.2, 0) is 10.0 Å². The van der Waals surface area contributed by atoms with E-state index in [4.69, 9.17) is 4.74 Å². The van der Waals surface area contributed by atoms with E-state index < -0.39 is 10.0 Å². The Kier molecular flexibility index (Phi) is 7.74. The zero-order valence-corrected chi connectivity index (χ0v) is 18.9. The summed E-state index contributed by atoms with van der Waals surface area (Å²) >= 11 is 1.55. The lowest BCUT2D eigenvalue weighted by Gasteiger charge is -2.27. The highest BCUT2D eigenvalue weighted by molar-refractivity contribution is 7.99. The van der Waals surface area contributed by atoms with Crippen LogP contribution in [0.25, 0.3) is 0 Å². The van der Waals surface area contributed by atoms with Crippen molar-refractivity contribution in [3.05, 3.63) is 42.1 Å². The van der Waals surface area contributed by atoms with Crippen LogP contribution in [0.1, 0.15) is 43.5 Å². The van der Waals surface area contributed by atoms with Gasteiger partial charge < -0.3 is 10.1 Å². The number of hydrogen-bond donors (Lipinski definition) is 1. The summed E-state index contributed by atoms with van der Waals surface area (Å²) in [5, 5.41) is 3.57. The number of ether oxygens (including phenoxy) is 1. The largest absolute Gasteiger partial charge is 0.492 e. The van der Waals surface area contributed by atoms with Crippen LogP contribution in [0.5, 0.6) is 5.75 Å². The molecule has 0 bridgehead atoms. The van der Waals surface area contributed by atoms with Gasteiger partial charge in [0.15, 0.2) is 0 Å². The fourth-order valence-electron chi connectivity index (χ4n) is 3.29. The minimum absolute atomic E-state index is 0.0843. The van der Waals surface area contributed by atoms with Crippen molar-refractivity contribution in [1.82, 2.24) is 9.29 Å². The molecule has 2 aromatic rings. The van der Waals surface area contributed by atoms with Gasteiger partial charge in [0.1, 0.15) is 10.6 Å². The molecule has 9 heteroatoms. The second-order valence-electron chi connectivity index (χ2n) is 6.83. The minimum atomic E-state index is -3.71. The minimum Gasteiger partial charge on any atom is -0.492 e. The van der Waals surface area contributed by atoms with Crippen LogP contribution in [0.2, 0.25) is 0 Å². The number of nitrogens with zero attached hydrogens (tertiary/aromatic N) is 2. The highest BCUT2D eigenvalue weighted by Gasteiger charge is 2.29. The molecule has 0 unspecified atom stereocenters. The molecular weight excluding hydrogens is 422 g/mol. The number of piperidine rings is 1. The lowest BCUT2D eigenvalue weighted by molar-refractivity contribution is 0.102. The second-order valence-corrected chi connectivity index (χ2v) is 10.0. The summed E-state index contributed by atoms with van der Waals surface area (Å²) in [4.78, 5) is 17.0. The van der Waals surface area contributed by atoms with Crippen molar-refractivity contribution >= 4 is 33.4 Å². The van der Waals surface area contributed by atoms with Gasteiger partial charge in [-0.05, 0) is 55.9 Å². The number of benzene rings is 1. The first kappa shape index (κ1) is 22.6. The molecular formula is C21H27N3O4S2. The number of aromatic nitrogens is 1. The van der Waals surface area contributed by atoms with E-state index in [0.29, 0.717) is 36.7 Å². The first-order chi connectivity index (χ1) is 14.5. The molecule has 0 radical (unpaired) electrons. The van der Waals surface area contributed by atoms with E-state index >= 15 is 0 Å². The maximum atomic E-state index is 13.2. The number of nitrogens with one attached hydrogen (secondary N) is 1. The number of amides is 1. The van der Waals surface area contributed by atoms with Crippen LogP contribution in [0.3, 0.4) is 0 Å². The lowest BCUT2D eigenvalue weighted by atomic mass is 10.2. The van der Waals surface area contributed by atoms with Gasteiger partial charge in [-0.15, -0.1) is 11.8 Å². The molecule has 0 spiro atoms. The van der Waals surface area contributed by atoms with Gasteiger partial charge in [0.25, 0.3) is 5.91 Å². The highest BCUT2D eigenvalue weighted by atomic mass is 32.2. The topological polar surface area (TPSA) is 88.6 Å². The van der Waals surface area contributed by atoms with Gasteiger partial charge in [-0.25, -0.2) is 13.4 Å². The maximum absolute atomic E-state index is 13.2. The van der Waals surface area contributed by atoms with E-state index in [2.05, 4.69) is 10.3 Å². The molecule has 1 fully saturated rings. The Labute approximate surface area is 182 Å². The van der Waals surface area contributed by atoms with Crippen molar-refractivity contribution in [2.24, 2.45) is 0 Å². The van der Waals surface area contributed by atoms with Gasteiger partial charge in [0.2, 0.25) is 10.0 Å².